The summed E-state index contributed by atoms with van der Waals surface area (Å²) < 4.78 is 0. The number of carbonyl (C=O) groups is 1. The van der Waals surface area contributed by atoms with E-state index >= 15 is 0 Å². The molecule has 0 radical (unpaired) electrons. The maximum absolute atomic E-state index is 12.2. The first-order chi connectivity index (χ1) is 10.2. The van der Waals surface area contributed by atoms with Gasteiger partial charge in [-0.2, -0.15) is 0 Å². The monoisotopic (exact) mass is 302 g/mol. The molecule has 0 bridgehead atoms. The highest BCUT2D eigenvalue weighted by atomic mass is 32.2. The third-order valence-electron chi connectivity index (χ3n) is 2.80. The molecule has 0 spiro atoms. The van der Waals surface area contributed by atoms with Gasteiger partial charge in [-0.3, -0.25) is 4.79 Å². The summed E-state index contributed by atoms with van der Waals surface area (Å²) >= 11 is 1.58. The lowest BCUT2D eigenvalue weighted by molar-refractivity contribution is 0.102. The summed E-state index contributed by atoms with van der Waals surface area (Å²) in [5, 5.41) is 5.98. The summed E-state index contributed by atoms with van der Waals surface area (Å²) in [6.45, 7) is 2.91. The molecular weight excluding hydrogens is 284 g/mol. The van der Waals surface area contributed by atoms with Crippen molar-refractivity contribution in [2.75, 3.05) is 23.4 Å². The number of nitrogens with zero attached hydrogens (tertiary/aromatic N) is 2. The molecular formula is C15H18N4OS. The van der Waals surface area contributed by atoms with E-state index in [0.29, 0.717) is 11.5 Å². The predicted molar refractivity (Wildman–Crippen MR) is 87.0 cm³/mol. The molecule has 0 aliphatic carbocycles. The van der Waals surface area contributed by atoms with Gasteiger partial charge in [-0.05, 0) is 24.8 Å². The standard InChI is InChI=1S/C15H18N4OS/c1-3-8-16-14-10-17-12(9-18-14)15(20)19-11-6-4-5-7-13(11)21-2/h4-7,9-10H,3,8H2,1-2H3,(H,16,18)(H,19,20). The second-order valence-corrected chi connectivity index (χ2v) is 5.22. The molecule has 2 aromatic rings. The number of hydrogen-bond acceptors (Lipinski definition) is 5. The average molecular weight is 302 g/mol. The highest BCUT2D eigenvalue weighted by molar-refractivity contribution is 7.98. The van der Waals surface area contributed by atoms with Gasteiger partial charge in [0.05, 0.1) is 18.1 Å². The number of benzene rings is 1. The molecule has 0 unspecified atom stereocenters. The highest BCUT2D eigenvalue weighted by Gasteiger charge is 2.10. The van der Waals surface area contributed by atoms with Gasteiger partial charge in [0.2, 0.25) is 0 Å². The average Bonchev–Trinajstić information content (AvgIpc) is 2.54. The normalized spacial score (nSPS) is 10.2. The first-order valence-corrected chi connectivity index (χ1v) is 7.97. The van der Waals surface area contributed by atoms with Crippen molar-refractivity contribution in [2.24, 2.45) is 0 Å². The Balaban J connectivity index is 2.06. The number of thioether (sulfide) groups is 1. The topological polar surface area (TPSA) is 66.9 Å². The van der Waals surface area contributed by atoms with Gasteiger partial charge in [0.25, 0.3) is 5.91 Å². The van der Waals surface area contributed by atoms with E-state index in [1.165, 1.54) is 6.20 Å². The number of aromatic nitrogens is 2. The van der Waals surface area contributed by atoms with Crippen molar-refractivity contribution in [1.82, 2.24) is 9.97 Å². The Labute approximate surface area is 128 Å². The zero-order valence-corrected chi connectivity index (χ0v) is 12.9. The predicted octanol–water partition coefficient (Wildman–Crippen LogP) is 3.27. The van der Waals surface area contributed by atoms with E-state index in [0.717, 1.165) is 23.5 Å². The minimum atomic E-state index is -0.258. The molecule has 2 N–H and O–H groups in total. The third-order valence-corrected chi connectivity index (χ3v) is 3.59. The van der Waals surface area contributed by atoms with Crippen LogP contribution < -0.4 is 10.6 Å². The third kappa shape index (κ3) is 4.19. The number of hydrogen-bond donors (Lipinski definition) is 2. The number of para-hydroxylation sites is 1. The van der Waals surface area contributed by atoms with Gasteiger partial charge in [0.15, 0.2) is 0 Å². The number of carbonyl (C=O) groups excluding carboxylic acids is 1. The Bertz CT molecular complexity index is 601. The maximum atomic E-state index is 12.2. The molecule has 0 saturated carbocycles. The van der Waals surface area contributed by atoms with Crippen LogP contribution in [0.1, 0.15) is 23.8 Å². The molecule has 1 heterocycles. The fourth-order valence-corrected chi connectivity index (χ4v) is 2.28. The molecule has 1 aromatic carbocycles. The number of rotatable bonds is 6. The first-order valence-electron chi connectivity index (χ1n) is 6.75. The first kappa shape index (κ1) is 15.3. The van der Waals surface area contributed by atoms with Crippen LogP contribution in [0, 0.1) is 0 Å². The van der Waals surface area contributed by atoms with E-state index in [9.17, 15) is 4.79 Å². The van der Waals surface area contributed by atoms with Gasteiger partial charge in [-0.15, -0.1) is 11.8 Å². The smallest absolute Gasteiger partial charge is 0.275 e. The van der Waals surface area contributed by atoms with Crippen LogP contribution in [-0.2, 0) is 0 Å². The quantitative estimate of drug-likeness (QED) is 0.802. The Kier molecular flexibility index (Phi) is 5.57. The van der Waals surface area contributed by atoms with Crippen molar-refractivity contribution in [3.8, 4) is 0 Å². The molecule has 110 valence electrons. The summed E-state index contributed by atoms with van der Waals surface area (Å²) in [4.78, 5) is 21.5. The molecule has 21 heavy (non-hydrogen) atoms. The largest absolute Gasteiger partial charge is 0.369 e. The maximum Gasteiger partial charge on any atom is 0.275 e. The minimum Gasteiger partial charge on any atom is -0.369 e. The van der Waals surface area contributed by atoms with Crippen molar-refractivity contribution < 1.29 is 4.79 Å². The van der Waals surface area contributed by atoms with Crippen molar-refractivity contribution >= 4 is 29.2 Å². The molecule has 5 nitrogen and oxygen atoms in total. The second-order valence-electron chi connectivity index (χ2n) is 4.37. The fourth-order valence-electron chi connectivity index (χ4n) is 1.72. The molecule has 6 heteroatoms. The molecule has 0 fully saturated rings. The van der Waals surface area contributed by atoms with E-state index in [1.54, 1.807) is 18.0 Å². The second kappa shape index (κ2) is 7.64. The van der Waals surface area contributed by atoms with Gasteiger partial charge in [0, 0.05) is 11.4 Å². The van der Waals surface area contributed by atoms with E-state index in [4.69, 9.17) is 0 Å². The lowest BCUT2D eigenvalue weighted by atomic mass is 10.3. The molecule has 0 saturated heterocycles. The van der Waals surface area contributed by atoms with Crippen molar-refractivity contribution in [2.45, 2.75) is 18.2 Å². The Morgan fingerprint density at radius 3 is 2.71 bits per heavy atom. The Morgan fingerprint density at radius 2 is 2.05 bits per heavy atom. The van der Waals surface area contributed by atoms with E-state index in [1.807, 2.05) is 30.5 Å². The lowest BCUT2D eigenvalue weighted by Crippen LogP contribution is -2.15. The summed E-state index contributed by atoms with van der Waals surface area (Å²) in [6, 6.07) is 7.66. The molecule has 1 aromatic heterocycles. The van der Waals surface area contributed by atoms with Crippen LogP contribution in [0.5, 0.6) is 0 Å². The van der Waals surface area contributed by atoms with Crippen molar-refractivity contribution in [3.05, 3.63) is 42.4 Å². The highest BCUT2D eigenvalue weighted by Crippen LogP contribution is 2.24. The zero-order valence-electron chi connectivity index (χ0n) is 12.1. The lowest BCUT2D eigenvalue weighted by Gasteiger charge is -2.09. The molecule has 0 atom stereocenters. The number of amides is 1. The fraction of sp³-hybridized carbons (Fsp3) is 0.267. The van der Waals surface area contributed by atoms with Crippen LogP contribution in [0.25, 0.3) is 0 Å². The molecule has 2 rings (SSSR count). The Morgan fingerprint density at radius 1 is 1.24 bits per heavy atom. The van der Waals surface area contributed by atoms with Gasteiger partial charge in [-0.1, -0.05) is 19.1 Å². The van der Waals surface area contributed by atoms with E-state index in [2.05, 4.69) is 27.5 Å². The van der Waals surface area contributed by atoms with E-state index < -0.39 is 0 Å². The summed E-state index contributed by atoms with van der Waals surface area (Å²) in [5.41, 5.74) is 1.08. The summed E-state index contributed by atoms with van der Waals surface area (Å²) in [6.07, 6.45) is 6.04. The van der Waals surface area contributed by atoms with Crippen LogP contribution in [0.2, 0.25) is 0 Å². The van der Waals surface area contributed by atoms with E-state index in [-0.39, 0.29) is 5.91 Å². The van der Waals surface area contributed by atoms with Crippen LogP contribution in [0.15, 0.2) is 41.6 Å². The summed E-state index contributed by atoms with van der Waals surface area (Å²) in [5.74, 6) is 0.420. The van der Waals surface area contributed by atoms with Crippen LogP contribution in [0.4, 0.5) is 11.5 Å². The molecule has 0 aliphatic heterocycles. The van der Waals surface area contributed by atoms with Crippen LogP contribution >= 0.6 is 11.8 Å². The van der Waals surface area contributed by atoms with Gasteiger partial charge < -0.3 is 10.6 Å². The van der Waals surface area contributed by atoms with Gasteiger partial charge in [0.1, 0.15) is 11.5 Å². The minimum absolute atomic E-state index is 0.258. The summed E-state index contributed by atoms with van der Waals surface area (Å²) in [7, 11) is 0. The van der Waals surface area contributed by atoms with Crippen LogP contribution in [0.3, 0.4) is 0 Å². The zero-order chi connectivity index (χ0) is 15.1. The number of nitrogens with one attached hydrogen (secondary N) is 2. The SMILES string of the molecule is CCCNc1cnc(C(=O)Nc2ccccc2SC)cn1. The molecule has 0 aliphatic rings. The molecule has 1 amide bonds. The van der Waals surface area contributed by atoms with Gasteiger partial charge in [-0.25, -0.2) is 9.97 Å². The van der Waals surface area contributed by atoms with Crippen molar-refractivity contribution in [3.63, 3.8) is 0 Å². The van der Waals surface area contributed by atoms with Crippen molar-refractivity contribution in [1.29, 1.82) is 0 Å². The van der Waals surface area contributed by atoms with Gasteiger partial charge >= 0.3 is 0 Å². The number of anilines is 2. The van der Waals surface area contributed by atoms with Crippen LogP contribution in [-0.4, -0.2) is 28.7 Å². The Hall–Kier alpha value is -2.08.